The van der Waals surface area contributed by atoms with Crippen LogP contribution in [0.4, 0.5) is 0 Å². The molecule has 2 heterocycles. The highest BCUT2D eigenvalue weighted by atomic mass is 79.9. The summed E-state index contributed by atoms with van der Waals surface area (Å²) in [6.45, 7) is 0.642. The molecule has 4 nitrogen and oxygen atoms in total. The Bertz CT molecular complexity index is 588. The van der Waals surface area contributed by atoms with E-state index >= 15 is 0 Å². The molecule has 0 aliphatic heterocycles. The van der Waals surface area contributed by atoms with Crippen LogP contribution in [0.25, 0.3) is 6.08 Å². The van der Waals surface area contributed by atoms with Crippen molar-refractivity contribution < 1.29 is 4.79 Å². The molecule has 1 amide bonds. The highest BCUT2D eigenvalue weighted by Gasteiger charge is 1.99. The molecule has 2 aromatic rings. The Morgan fingerprint density at radius 3 is 3.05 bits per heavy atom. The van der Waals surface area contributed by atoms with Crippen molar-refractivity contribution in [1.29, 1.82) is 0 Å². The van der Waals surface area contributed by atoms with E-state index in [-0.39, 0.29) is 5.91 Å². The van der Waals surface area contributed by atoms with Crippen molar-refractivity contribution in [3.63, 3.8) is 0 Å². The first-order valence-electron chi connectivity index (χ1n) is 5.82. The Morgan fingerprint density at radius 2 is 2.42 bits per heavy atom. The third-order valence-corrected chi connectivity index (χ3v) is 4.13. The molecule has 2 aromatic heterocycles. The van der Waals surface area contributed by atoms with E-state index in [9.17, 15) is 4.79 Å². The minimum Gasteiger partial charge on any atom is -0.352 e. The highest BCUT2D eigenvalue weighted by molar-refractivity contribution is 9.11. The molecule has 0 aliphatic rings. The Morgan fingerprint density at radius 1 is 1.58 bits per heavy atom. The van der Waals surface area contributed by atoms with Crippen molar-refractivity contribution in [3.05, 3.63) is 44.8 Å². The molecule has 0 aliphatic carbocycles. The lowest BCUT2D eigenvalue weighted by Crippen LogP contribution is -2.23. The second-order valence-electron chi connectivity index (χ2n) is 4.03. The molecular formula is C13H14BrN3OS. The quantitative estimate of drug-likeness (QED) is 0.851. The third-order valence-electron chi connectivity index (χ3n) is 2.45. The number of nitrogens with one attached hydrogen (secondary N) is 1. The van der Waals surface area contributed by atoms with Gasteiger partial charge in [-0.25, -0.2) is 0 Å². The average Bonchev–Trinajstić information content (AvgIpc) is 2.96. The summed E-state index contributed by atoms with van der Waals surface area (Å²) in [7, 11) is 1.84. The van der Waals surface area contributed by atoms with E-state index in [1.807, 2.05) is 19.3 Å². The van der Waals surface area contributed by atoms with E-state index in [1.54, 1.807) is 28.3 Å². The van der Waals surface area contributed by atoms with Gasteiger partial charge in [0, 0.05) is 36.3 Å². The number of hydrogen-bond donors (Lipinski definition) is 1. The summed E-state index contributed by atoms with van der Waals surface area (Å²) in [5, 5.41) is 6.89. The molecule has 0 atom stereocenters. The maximum atomic E-state index is 11.6. The fourth-order valence-corrected chi connectivity index (χ4v) is 3.03. The molecule has 0 fully saturated rings. The summed E-state index contributed by atoms with van der Waals surface area (Å²) in [5.41, 5.74) is 0.917. The molecule has 0 spiro atoms. The number of carbonyl (C=O) groups is 1. The van der Waals surface area contributed by atoms with Crippen LogP contribution in [0.2, 0.25) is 0 Å². The van der Waals surface area contributed by atoms with Gasteiger partial charge in [0.15, 0.2) is 0 Å². The summed E-state index contributed by atoms with van der Waals surface area (Å²) >= 11 is 5.11. The van der Waals surface area contributed by atoms with E-state index < -0.39 is 0 Å². The van der Waals surface area contributed by atoms with Crippen molar-refractivity contribution >= 4 is 39.2 Å². The Hall–Kier alpha value is -1.40. The van der Waals surface area contributed by atoms with Crippen LogP contribution in [-0.2, 0) is 18.3 Å². The van der Waals surface area contributed by atoms with Crippen molar-refractivity contribution in [2.24, 2.45) is 7.05 Å². The van der Waals surface area contributed by atoms with Crippen molar-refractivity contribution in [1.82, 2.24) is 15.1 Å². The van der Waals surface area contributed by atoms with Crippen LogP contribution in [0.3, 0.4) is 0 Å². The van der Waals surface area contributed by atoms with Crippen LogP contribution >= 0.6 is 27.3 Å². The number of halogens is 1. The average molecular weight is 340 g/mol. The molecule has 100 valence electrons. The SMILES string of the molecule is Cn1cc(/C=C/C(=O)NCCc2ccc(Br)s2)cn1. The van der Waals surface area contributed by atoms with Gasteiger partial charge in [-0.1, -0.05) is 0 Å². The van der Waals surface area contributed by atoms with Gasteiger partial charge in [0.2, 0.25) is 5.91 Å². The number of amides is 1. The minimum atomic E-state index is -0.0838. The maximum Gasteiger partial charge on any atom is 0.244 e. The van der Waals surface area contributed by atoms with E-state index in [0.717, 1.165) is 15.8 Å². The van der Waals surface area contributed by atoms with Crippen LogP contribution in [-0.4, -0.2) is 22.2 Å². The van der Waals surface area contributed by atoms with Gasteiger partial charge in [0.05, 0.1) is 9.98 Å². The topological polar surface area (TPSA) is 46.9 Å². The maximum absolute atomic E-state index is 11.6. The number of aryl methyl sites for hydroxylation is 1. The van der Waals surface area contributed by atoms with Crippen molar-refractivity contribution in [2.45, 2.75) is 6.42 Å². The fraction of sp³-hybridized carbons (Fsp3) is 0.231. The van der Waals surface area contributed by atoms with E-state index in [2.05, 4.69) is 32.4 Å². The van der Waals surface area contributed by atoms with Gasteiger partial charge in [-0.2, -0.15) is 5.10 Å². The van der Waals surface area contributed by atoms with Crippen LogP contribution in [0, 0.1) is 0 Å². The van der Waals surface area contributed by atoms with E-state index in [4.69, 9.17) is 0 Å². The van der Waals surface area contributed by atoms with E-state index in [1.165, 1.54) is 11.0 Å². The zero-order chi connectivity index (χ0) is 13.7. The van der Waals surface area contributed by atoms with Gasteiger partial charge in [0.25, 0.3) is 0 Å². The molecule has 0 saturated heterocycles. The largest absolute Gasteiger partial charge is 0.352 e. The Kier molecular flexibility index (Phi) is 4.93. The minimum absolute atomic E-state index is 0.0838. The predicted octanol–water partition coefficient (Wildman–Crippen LogP) is 2.62. The van der Waals surface area contributed by atoms with Gasteiger partial charge in [-0.3, -0.25) is 9.48 Å². The smallest absolute Gasteiger partial charge is 0.244 e. The zero-order valence-electron chi connectivity index (χ0n) is 10.5. The van der Waals surface area contributed by atoms with Gasteiger partial charge >= 0.3 is 0 Å². The van der Waals surface area contributed by atoms with Crippen molar-refractivity contribution in [3.8, 4) is 0 Å². The predicted molar refractivity (Wildman–Crippen MR) is 81.0 cm³/mol. The molecule has 19 heavy (non-hydrogen) atoms. The highest BCUT2D eigenvalue weighted by Crippen LogP contribution is 2.21. The molecule has 1 N–H and O–H groups in total. The summed E-state index contributed by atoms with van der Waals surface area (Å²) in [4.78, 5) is 12.8. The number of hydrogen-bond acceptors (Lipinski definition) is 3. The van der Waals surface area contributed by atoms with Gasteiger partial charge < -0.3 is 5.32 Å². The van der Waals surface area contributed by atoms with Crippen LogP contribution in [0.15, 0.2) is 34.4 Å². The van der Waals surface area contributed by atoms with Crippen LogP contribution in [0.1, 0.15) is 10.4 Å². The monoisotopic (exact) mass is 339 g/mol. The van der Waals surface area contributed by atoms with Crippen LogP contribution in [0.5, 0.6) is 0 Å². The number of nitrogens with zero attached hydrogens (tertiary/aromatic N) is 2. The fourth-order valence-electron chi connectivity index (χ4n) is 1.55. The normalized spacial score (nSPS) is 11.1. The Labute approximate surface area is 124 Å². The number of rotatable bonds is 5. The zero-order valence-corrected chi connectivity index (χ0v) is 12.9. The lowest BCUT2D eigenvalue weighted by Gasteiger charge is -1.99. The van der Waals surface area contributed by atoms with Gasteiger partial charge in [0.1, 0.15) is 0 Å². The summed E-state index contributed by atoms with van der Waals surface area (Å²) in [6.07, 6.45) is 7.70. The molecule has 0 saturated carbocycles. The van der Waals surface area contributed by atoms with Gasteiger partial charge in [-0.15, -0.1) is 11.3 Å². The molecule has 0 radical (unpaired) electrons. The second-order valence-corrected chi connectivity index (χ2v) is 6.58. The second kappa shape index (κ2) is 6.68. The van der Waals surface area contributed by atoms with E-state index in [0.29, 0.717) is 6.54 Å². The molecule has 6 heteroatoms. The first-order valence-corrected chi connectivity index (χ1v) is 7.43. The standard InChI is InChI=1S/C13H14BrN3OS/c1-17-9-10(8-16-17)2-5-13(18)15-7-6-11-3-4-12(14)19-11/h2-5,8-9H,6-7H2,1H3,(H,15,18)/b5-2+. The number of aromatic nitrogens is 2. The molecule has 0 aromatic carbocycles. The lowest BCUT2D eigenvalue weighted by atomic mass is 10.3. The molecule has 2 rings (SSSR count). The Balaban J connectivity index is 1.74. The summed E-state index contributed by atoms with van der Waals surface area (Å²) in [6, 6.07) is 4.08. The molecule has 0 bridgehead atoms. The van der Waals surface area contributed by atoms with Crippen LogP contribution < -0.4 is 5.32 Å². The van der Waals surface area contributed by atoms with Gasteiger partial charge in [-0.05, 0) is 40.6 Å². The summed E-state index contributed by atoms with van der Waals surface area (Å²) in [5.74, 6) is -0.0838. The first kappa shape index (κ1) is 14.0. The first-order chi connectivity index (χ1) is 9.13. The molecule has 0 unspecified atom stereocenters. The lowest BCUT2D eigenvalue weighted by molar-refractivity contribution is -0.116. The number of carbonyl (C=O) groups excluding carboxylic acids is 1. The molecular weight excluding hydrogens is 326 g/mol. The third kappa shape index (κ3) is 4.65. The number of thiophene rings is 1. The van der Waals surface area contributed by atoms with Crippen molar-refractivity contribution in [2.75, 3.05) is 6.54 Å². The summed E-state index contributed by atoms with van der Waals surface area (Å²) < 4.78 is 2.82.